The first-order valence-electron chi connectivity index (χ1n) is 11.8. The van der Waals surface area contributed by atoms with Crippen molar-refractivity contribution in [2.24, 2.45) is 0 Å². The summed E-state index contributed by atoms with van der Waals surface area (Å²) in [5.41, 5.74) is 0. The maximum absolute atomic E-state index is 8.99. The summed E-state index contributed by atoms with van der Waals surface area (Å²) in [6, 6.07) is 0. The Morgan fingerprint density at radius 1 is 0.654 bits per heavy atom. The molecule has 0 aliphatic heterocycles. The molecule has 0 bridgehead atoms. The van der Waals surface area contributed by atoms with E-state index < -0.39 is 0 Å². The molecule has 26 heavy (non-hydrogen) atoms. The van der Waals surface area contributed by atoms with E-state index in [2.05, 4.69) is 19.2 Å². The summed E-state index contributed by atoms with van der Waals surface area (Å²) < 4.78 is 5.77. The van der Waals surface area contributed by atoms with Gasteiger partial charge >= 0.3 is 0 Å². The first-order valence-corrected chi connectivity index (χ1v) is 11.8. The molecule has 0 rings (SSSR count). The van der Waals surface area contributed by atoms with Gasteiger partial charge in [-0.3, -0.25) is 5.32 Å². The minimum Gasteiger partial charge on any atom is -0.396 e. The van der Waals surface area contributed by atoms with Crippen LogP contribution in [0.15, 0.2) is 0 Å². The molecule has 1 unspecified atom stereocenters. The summed E-state index contributed by atoms with van der Waals surface area (Å²) in [6.07, 6.45) is 23.1. The fraction of sp³-hybridized carbons (Fsp3) is 1.00. The zero-order chi connectivity index (χ0) is 19.1. The standard InChI is InChI=1S/C23H49NO2/c1-3-5-6-7-8-9-10-11-12-13-14-15-16-17-18-19-22-26-23(20-21-25)24-4-2/h23-25H,3-22H2,1-2H3. The summed E-state index contributed by atoms with van der Waals surface area (Å²) in [4.78, 5) is 0. The number of unbranched alkanes of at least 4 members (excludes halogenated alkanes) is 15. The highest BCUT2D eigenvalue weighted by Gasteiger charge is 2.05. The van der Waals surface area contributed by atoms with Gasteiger partial charge in [0, 0.05) is 19.6 Å². The zero-order valence-corrected chi connectivity index (χ0v) is 18.1. The Morgan fingerprint density at radius 2 is 1.08 bits per heavy atom. The van der Waals surface area contributed by atoms with E-state index in [0.717, 1.165) is 19.6 Å². The van der Waals surface area contributed by atoms with Crippen molar-refractivity contribution >= 4 is 0 Å². The Bertz CT molecular complexity index is 242. The van der Waals surface area contributed by atoms with E-state index in [9.17, 15) is 0 Å². The third kappa shape index (κ3) is 20.2. The molecule has 3 nitrogen and oxygen atoms in total. The van der Waals surface area contributed by atoms with E-state index in [4.69, 9.17) is 9.84 Å². The monoisotopic (exact) mass is 371 g/mol. The normalized spacial score (nSPS) is 12.6. The number of aliphatic hydroxyl groups excluding tert-OH is 1. The molecule has 3 heteroatoms. The van der Waals surface area contributed by atoms with E-state index in [0.29, 0.717) is 6.42 Å². The molecule has 0 fully saturated rings. The molecule has 1 atom stereocenters. The molecule has 0 aliphatic rings. The molecule has 0 saturated carbocycles. The molecule has 0 aliphatic carbocycles. The van der Waals surface area contributed by atoms with Crippen LogP contribution in [0, 0.1) is 0 Å². The van der Waals surface area contributed by atoms with Gasteiger partial charge in [0.2, 0.25) is 0 Å². The van der Waals surface area contributed by atoms with E-state index in [1.165, 1.54) is 96.3 Å². The second-order valence-corrected chi connectivity index (χ2v) is 7.73. The number of rotatable bonds is 22. The fourth-order valence-corrected chi connectivity index (χ4v) is 3.46. The van der Waals surface area contributed by atoms with Gasteiger partial charge in [-0.15, -0.1) is 0 Å². The lowest BCUT2D eigenvalue weighted by atomic mass is 10.0. The Kier molecular flexibility index (Phi) is 22.8. The van der Waals surface area contributed by atoms with Crippen LogP contribution < -0.4 is 5.32 Å². The third-order valence-electron chi connectivity index (χ3n) is 5.14. The summed E-state index contributed by atoms with van der Waals surface area (Å²) >= 11 is 0. The third-order valence-corrected chi connectivity index (χ3v) is 5.14. The van der Waals surface area contributed by atoms with Crippen LogP contribution in [-0.2, 0) is 4.74 Å². The van der Waals surface area contributed by atoms with Crippen molar-refractivity contribution in [3.8, 4) is 0 Å². The lowest BCUT2D eigenvalue weighted by Crippen LogP contribution is -2.32. The maximum Gasteiger partial charge on any atom is 0.110 e. The van der Waals surface area contributed by atoms with Crippen molar-refractivity contribution in [3.63, 3.8) is 0 Å². The maximum atomic E-state index is 8.99. The minimum atomic E-state index is 0.0290. The molecule has 0 heterocycles. The van der Waals surface area contributed by atoms with Crippen LogP contribution in [0.4, 0.5) is 0 Å². The van der Waals surface area contributed by atoms with Gasteiger partial charge in [0.1, 0.15) is 6.23 Å². The highest BCUT2D eigenvalue weighted by molar-refractivity contribution is 4.54. The van der Waals surface area contributed by atoms with Crippen molar-refractivity contribution in [2.45, 2.75) is 129 Å². The van der Waals surface area contributed by atoms with Crippen LogP contribution in [0.1, 0.15) is 123 Å². The number of ether oxygens (including phenoxy) is 1. The van der Waals surface area contributed by atoms with Crippen LogP contribution in [0.5, 0.6) is 0 Å². The van der Waals surface area contributed by atoms with E-state index in [1.807, 2.05) is 0 Å². The van der Waals surface area contributed by atoms with Crippen LogP contribution in [0.3, 0.4) is 0 Å². The SMILES string of the molecule is CCCCCCCCCCCCCCCCCCOC(CCO)NCC. The van der Waals surface area contributed by atoms with Gasteiger partial charge in [-0.2, -0.15) is 0 Å². The fourth-order valence-electron chi connectivity index (χ4n) is 3.46. The predicted molar refractivity (Wildman–Crippen MR) is 115 cm³/mol. The van der Waals surface area contributed by atoms with E-state index in [1.54, 1.807) is 0 Å². The number of aliphatic hydroxyl groups is 1. The molecule has 0 aromatic carbocycles. The molecule has 0 radical (unpaired) electrons. The lowest BCUT2D eigenvalue weighted by molar-refractivity contribution is 0.0127. The van der Waals surface area contributed by atoms with Crippen molar-refractivity contribution < 1.29 is 9.84 Å². The molecule has 0 spiro atoms. The predicted octanol–water partition coefficient (Wildman–Crippen LogP) is 6.58. The molecule has 0 saturated heterocycles. The van der Waals surface area contributed by atoms with Gasteiger partial charge in [-0.25, -0.2) is 0 Å². The number of nitrogens with one attached hydrogen (secondary N) is 1. The summed E-state index contributed by atoms with van der Waals surface area (Å²) in [7, 11) is 0. The van der Waals surface area contributed by atoms with E-state index in [-0.39, 0.29) is 12.8 Å². The van der Waals surface area contributed by atoms with Crippen LogP contribution in [-0.4, -0.2) is 31.1 Å². The Labute approximate surface area is 164 Å². The molecular formula is C23H49NO2. The van der Waals surface area contributed by atoms with Gasteiger partial charge in [0.15, 0.2) is 0 Å². The van der Waals surface area contributed by atoms with Gasteiger partial charge in [-0.1, -0.05) is 110 Å². The Balaban J connectivity index is 3.13. The molecular weight excluding hydrogens is 322 g/mol. The van der Waals surface area contributed by atoms with Crippen molar-refractivity contribution in [1.82, 2.24) is 5.32 Å². The quantitative estimate of drug-likeness (QED) is 0.167. The topological polar surface area (TPSA) is 41.5 Å². The summed E-state index contributed by atoms with van der Waals surface area (Å²) in [6.45, 7) is 6.26. The molecule has 0 aromatic heterocycles. The van der Waals surface area contributed by atoms with Gasteiger partial charge in [-0.05, 0) is 13.0 Å². The van der Waals surface area contributed by atoms with Crippen molar-refractivity contribution in [2.75, 3.05) is 19.8 Å². The van der Waals surface area contributed by atoms with Gasteiger partial charge in [0.25, 0.3) is 0 Å². The smallest absolute Gasteiger partial charge is 0.110 e. The minimum absolute atomic E-state index is 0.0290. The molecule has 2 N–H and O–H groups in total. The number of hydrogen-bond donors (Lipinski definition) is 2. The number of hydrogen-bond acceptors (Lipinski definition) is 3. The second-order valence-electron chi connectivity index (χ2n) is 7.73. The zero-order valence-electron chi connectivity index (χ0n) is 18.1. The summed E-state index contributed by atoms with van der Waals surface area (Å²) in [5.74, 6) is 0. The van der Waals surface area contributed by atoms with Crippen molar-refractivity contribution in [1.29, 1.82) is 0 Å². The first-order chi connectivity index (χ1) is 12.8. The Morgan fingerprint density at radius 3 is 1.46 bits per heavy atom. The first kappa shape index (κ1) is 25.9. The largest absolute Gasteiger partial charge is 0.396 e. The lowest BCUT2D eigenvalue weighted by Gasteiger charge is -2.17. The van der Waals surface area contributed by atoms with Gasteiger partial charge < -0.3 is 9.84 Å². The van der Waals surface area contributed by atoms with Crippen LogP contribution in [0.25, 0.3) is 0 Å². The highest BCUT2D eigenvalue weighted by atomic mass is 16.5. The van der Waals surface area contributed by atoms with Gasteiger partial charge in [0.05, 0.1) is 0 Å². The van der Waals surface area contributed by atoms with Crippen LogP contribution >= 0.6 is 0 Å². The van der Waals surface area contributed by atoms with Crippen molar-refractivity contribution in [3.05, 3.63) is 0 Å². The average Bonchev–Trinajstić information content (AvgIpc) is 2.64. The van der Waals surface area contributed by atoms with E-state index >= 15 is 0 Å². The molecule has 0 amide bonds. The second kappa shape index (κ2) is 22.9. The molecule has 158 valence electrons. The van der Waals surface area contributed by atoms with Crippen LogP contribution in [0.2, 0.25) is 0 Å². The average molecular weight is 372 g/mol. The highest BCUT2D eigenvalue weighted by Crippen LogP contribution is 2.13. The Hall–Kier alpha value is -0.120. The summed E-state index contributed by atoms with van der Waals surface area (Å²) in [5, 5.41) is 12.2. The molecule has 0 aromatic rings.